The van der Waals surface area contributed by atoms with Crippen LogP contribution in [0.5, 0.6) is 0 Å². The molecule has 0 bridgehead atoms. The van der Waals surface area contributed by atoms with Gasteiger partial charge in [0.25, 0.3) is 0 Å². The van der Waals surface area contributed by atoms with E-state index >= 15 is 0 Å². The number of nitrogens with zero attached hydrogens (tertiary/aromatic N) is 2. The van der Waals surface area contributed by atoms with Crippen LogP contribution in [0.2, 0.25) is 0 Å². The molecule has 0 N–H and O–H groups in total. The lowest BCUT2D eigenvalue weighted by molar-refractivity contribution is 0.669. The number of hydrogen-bond donors (Lipinski definition) is 0. The second-order valence-electron chi connectivity index (χ2n) is 10.9. The molecule has 40 heavy (non-hydrogen) atoms. The van der Waals surface area contributed by atoms with Crippen molar-refractivity contribution < 1.29 is 4.42 Å². The highest BCUT2D eigenvalue weighted by atomic mass is 16.3. The number of anilines is 2. The number of para-hydroxylation sites is 4. The van der Waals surface area contributed by atoms with Gasteiger partial charge >= 0.3 is 6.85 Å². The van der Waals surface area contributed by atoms with Gasteiger partial charge < -0.3 is 13.8 Å². The molecule has 4 heteroatoms. The standard InChI is InChI=1S/C36H21BN2O/c1-2-10-22(11-3-1)39-28-15-7-4-12-23(28)24-18-19-26-33-30(20-21-32-34(33)25-13-5-9-17-31(25)40-32)38-29-16-8-6-14-27(29)37(39)35(24)36(26)38/h1-21H. The molecule has 0 amide bonds. The third-order valence-electron chi connectivity index (χ3n) is 8.96. The topological polar surface area (TPSA) is 21.3 Å². The summed E-state index contributed by atoms with van der Waals surface area (Å²) < 4.78 is 8.86. The summed E-state index contributed by atoms with van der Waals surface area (Å²) in [6.07, 6.45) is 0. The molecule has 0 unspecified atom stereocenters. The van der Waals surface area contributed by atoms with Gasteiger partial charge in [0.2, 0.25) is 0 Å². The Bertz CT molecular complexity index is 2350. The van der Waals surface area contributed by atoms with E-state index in [9.17, 15) is 0 Å². The Morgan fingerprint density at radius 2 is 1.30 bits per heavy atom. The van der Waals surface area contributed by atoms with Crippen LogP contribution in [0.3, 0.4) is 0 Å². The fourth-order valence-electron chi connectivity index (χ4n) is 7.47. The van der Waals surface area contributed by atoms with E-state index < -0.39 is 0 Å². The first kappa shape index (κ1) is 20.7. The first-order valence-electron chi connectivity index (χ1n) is 13.8. The predicted octanol–water partition coefficient (Wildman–Crippen LogP) is 7.92. The molecular formula is C36H21BN2O. The minimum absolute atomic E-state index is 0.0561. The summed E-state index contributed by atoms with van der Waals surface area (Å²) in [6.45, 7) is 0.0561. The van der Waals surface area contributed by atoms with Gasteiger partial charge in [0, 0.05) is 44.2 Å². The molecule has 8 aromatic rings. The second-order valence-corrected chi connectivity index (χ2v) is 10.9. The minimum Gasteiger partial charge on any atom is -0.456 e. The first-order valence-corrected chi connectivity index (χ1v) is 13.8. The number of aromatic nitrogens is 1. The van der Waals surface area contributed by atoms with E-state index in [1.165, 1.54) is 71.7 Å². The van der Waals surface area contributed by atoms with Crippen LogP contribution in [0.25, 0.3) is 60.6 Å². The normalized spacial score (nSPS) is 13.4. The Morgan fingerprint density at radius 1 is 0.525 bits per heavy atom. The highest BCUT2D eigenvalue weighted by Gasteiger charge is 2.43. The van der Waals surface area contributed by atoms with Crippen molar-refractivity contribution in [2.24, 2.45) is 0 Å². The first-order chi connectivity index (χ1) is 19.9. The summed E-state index contributed by atoms with van der Waals surface area (Å²) in [5.41, 5.74) is 13.3. The average Bonchev–Trinajstić information content (AvgIpc) is 3.56. The number of benzene rings is 6. The van der Waals surface area contributed by atoms with E-state index in [1.807, 2.05) is 6.07 Å². The van der Waals surface area contributed by atoms with E-state index in [0.717, 1.165) is 11.2 Å². The van der Waals surface area contributed by atoms with Crippen molar-refractivity contribution in [1.29, 1.82) is 0 Å². The largest absolute Gasteiger partial charge is 0.456 e. The Morgan fingerprint density at radius 3 is 2.23 bits per heavy atom. The highest BCUT2D eigenvalue weighted by Crippen LogP contribution is 2.46. The molecule has 0 spiro atoms. The van der Waals surface area contributed by atoms with Gasteiger partial charge in [-0.25, -0.2) is 0 Å². The smallest absolute Gasteiger partial charge is 0.333 e. The Kier molecular flexibility index (Phi) is 3.75. The van der Waals surface area contributed by atoms with E-state index in [-0.39, 0.29) is 6.85 Å². The minimum atomic E-state index is 0.0561. The molecule has 0 fully saturated rings. The lowest BCUT2D eigenvalue weighted by Crippen LogP contribution is -2.60. The van der Waals surface area contributed by atoms with Gasteiger partial charge in [-0.3, -0.25) is 0 Å². The van der Waals surface area contributed by atoms with Crippen LogP contribution >= 0.6 is 0 Å². The molecule has 0 radical (unpaired) electrons. The van der Waals surface area contributed by atoms with Crippen LogP contribution < -0.4 is 15.7 Å². The lowest BCUT2D eigenvalue weighted by atomic mass is 9.44. The molecule has 0 atom stereocenters. The Labute approximate surface area is 230 Å². The van der Waals surface area contributed by atoms with E-state index in [4.69, 9.17) is 4.42 Å². The van der Waals surface area contributed by atoms with Crippen LogP contribution in [-0.4, -0.2) is 11.4 Å². The van der Waals surface area contributed by atoms with Crippen LogP contribution in [0.4, 0.5) is 11.4 Å². The van der Waals surface area contributed by atoms with Gasteiger partial charge in [-0.1, -0.05) is 84.9 Å². The van der Waals surface area contributed by atoms with Crippen LogP contribution in [0, 0.1) is 0 Å². The third-order valence-corrected chi connectivity index (χ3v) is 8.96. The van der Waals surface area contributed by atoms with Crippen LogP contribution in [0.15, 0.2) is 132 Å². The summed E-state index contributed by atoms with van der Waals surface area (Å²) in [5, 5.41) is 4.91. The molecule has 10 rings (SSSR count). The number of furan rings is 1. The van der Waals surface area contributed by atoms with Crippen molar-refractivity contribution in [3.05, 3.63) is 127 Å². The van der Waals surface area contributed by atoms with Crippen molar-refractivity contribution in [1.82, 2.24) is 4.57 Å². The summed E-state index contributed by atoms with van der Waals surface area (Å²) in [5.74, 6) is 0. The van der Waals surface area contributed by atoms with Gasteiger partial charge in [-0.2, -0.15) is 0 Å². The maximum Gasteiger partial charge on any atom is 0.333 e. The molecular weight excluding hydrogens is 487 g/mol. The Hall–Kier alpha value is -5.22. The molecule has 6 aromatic carbocycles. The molecule has 2 aliphatic rings. The van der Waals surface area contributed by atoms with Gasteiger partial charge in [-0.05, 0) is 59.0 Å². The van der Waals surface area contributed by atoms with Crippen molar-refractivity contribution >= 4 is 72.9 Å². The molecule has 184 valence electrons. The van der Waals surface area contributed by atoms with Gasteiger partial charge in [0.15, 0.2) is 0 Å². The highest BCUT2D eigenvalue weighted by molar-refractivity contribution is 6.93. The zero-order valence-corrected chi connectivity index (χ0v) is 21.5. The third kappa shape index (κ3) is 2.39. The molecule has 2 aromatic heterocycles. The fourth-order valence-corrected chi connectivity index (χ4v) is 7.47. The summed E-state index contributed by atoms with van der Waals surface area (Å²) in [4.78, 5) is 2.54. The van der Waals surface area contributed by atoms with E-state index in [2.05, 4.69) is 131 Å². The number of fused-ring (bicyclic) bond motifs is 12. The maximum absolute atomic E-state index is 6.35. The molecule has 0 saturated heterocycles. The lowest BCUT2D eigenvalue weighted by Gasteiger charge is -2.41. The number of hydrogen-bond acceptors (Lipinski definition) is 2. The van der Waals surface area contributed by atoms with Crippen molar-refractivity contribution in [3.63, 3.8) is 0 Å². The fraction of sp³-hybridized carbons (Fsp3) is 0. The Balaban J connectivity index is 1.46. The zero-order valence-electron chi connectivity index (χ0n) is 21.5. The van der Waals surface area contributed by atoms with Gasteiger partial charge in [0.05, 0.1) is 11.0 Å². The quantitative estimate of drug-likeness (QED) is 0.210. The van der Waals surface area contributed by atoms with Gasteiger partial charge in [0.1, 0.15) is 11.2 Å². The molecule has 0 aliphatic carbocycles. The van der Waals surface area contributed by atoms with Crippen LogP contribution in [0.1, 0.15) is 0 Å². The summed E-state index contributed by atoms with van der Waals surface area (Å²) in [6, 6.07) is 46.1. The zero-order chi connectivity index (χ0) is 25.9. The summed E-state index contributed by atoms with van der Waals surface area (Å²) in [7, 11) is 0. The second kappa shape index (κ2) is 7.25. The predicted molar refractivity (Wildman–Crippen MR) is 167 cm³/mol. The SMILES string of the molecule is c1ccc(N2B3c4ccccc4-n4c5ccc6oc7ccccc7c6c5c5ccc(c3c54)-c3ccccc32)cc1. The monoisotopic (exact) mass is 508 g/mol. The van der Waals surface area contributed by atoms with Crippen molar-refractivity contribution in [3.8, 4) is 16.8 Å². The molecule has 2 aliphatic heterocycles. The molecule has 4 heterocycles. The van der Waals surface area contributed by atoms with E-state index in [0.29, 0.717) is 0 Å². The van der Waals surface area contributed by atoms with E-state index in [1.54, 1.807) is 0 Å². The maximum atomic E-state index is 6.35. The van der Waals surface area contributed by atoms with Crippen LogP contribution in [-0.2, 0) is 0 Å². The molecule has 3 nitrogen and oxygen atoms in total. The summed E-state index contributed by atoms with van der Waals surface area (Å²) >= 11 is 0. The average molecular weight is 508 g/mol. The van der Waals surface area contributed by atoms with Crippen molar-refractivity contribution in [2.75, 3.05) is 4.81 Å². The molecule has 0 saturated carbocycles. The number of rotatable bonds is 1. The van der Waals surface area contributed by atoms with Crippen molar-refractivity contribution in [2.45, 2.75) is 0 Å². The van der Waals surface area contributed by atoms with Gasteiger partial charge in [-0.15, -0.1) is 0 Å².